The van der Waals surface area contributed by atoms with Gasteiger partial charge in [-0.15, -0.1) is 0 Å². The van der Waals surface area contributed by atoms with Crippen LogP contribution in [0.1, 0.15) is 46.5 Å². The van der Waals surface area contributed by atoms with Crippen LogP contribution in [0.25, 0.3) is 0 Å². The quantitative estimate of drug-likeness (QED) is 0.414. The predicted octanol–water partition coefficient (Wildman–Crippen LogP) is 3.09. The van der Waals surface area contributed by atoms with Crippen LogP contribution in [0.4, 0.5) is 0 Å². The Morgan fingerprint density at radius 1 is 1.11 bits per heavy atom. The Labute approximate surface area is 114 Å². The summed E-state index contributed by atoms with van der Waals surface area (Å²) in [6.45, 7) is 6.63. The van der Waals surface area contributed by atoms with Gasteiger partial charge in [0, 0.05) is 0 Å². The van der Waals surface area contributed by atoms with Gasteiger partial charge in [0.1, 0.15) is 0 Å². The molecule has 0 radical (unpaired) electrons. The van der Waals surface area contributed by atoms with E-state index in [0.29, 0.717) is 5.92 Å². The van der Waals surface area contributed by atoms with Crippen molar-refractivity contribution in [1.29, 1.82) is 0 Å². The largest absolute Gasteiger partial charge is 0.393 e. The number of hydrogen-bond donors (Lipinski definition) is 0. The smallest absolute Gasteiger partial charge is 0.317 e. The second-order valence-corrected chi connectivity index (χ2v) is 7.24. The second kappa shape index (κ2) is 3.94. The number of allylic oxidation sites excluding steroid dienone is 2. The number of esters is 2. The van der Waals surface area contributed by atoms with Gasteiger partial charge < -0.3 is 4.74 Å². The van der Waals surface area contributed by atoms with E-state index in [1.807, 2.05) is 0 Å². The van der Waals surface area contributed by atoms with Crippen molar-refractivity contribution in [1.82, 2.24) is 0 Å². The van der Waals surface area contributed by atoms with Crippen LogP contribution >= 0.6 is 0 Å². The zero-order valence-electron chi connectivity index (χ0n) is 11.9. The van der Waals surface area contributed by atoms with Crippen molar-refractivity contribution in [3.63, 3.8) is 0 Å². The fraction of sp³-hybridized carbons (Fsp3) is 0.750. The van der Waals surface area contributed by atoms with Gasteiger partial charge in [-0.25, -0.2) is 0 Å². The molecule has 2 fully saturated rings. The number of carbonyl (C=O) groups excluding carboxylic acids is 2. The Kier molecular flexibility index (Phi) is 2.67. The highest BCUT2D eigenvalue weighted by atomic mass is 16.6. The SMILES string of the molecule is CC(C)C12C=CC(C)(CC1)CC1C(=O)OC(=O)C1C2. The average Bonchev–Trinajstić information content (AvgIpc) is 2.54. The van der Waals surface area contributed by atoms with E-state index in [2.05, 4.69) is 32.9 Å². The maximum absolute atomic E-state index is 12.0. The zero-order valence-corrected chi connectivity index (χ0v) is 11.9. The summed E-state index contributed by atoms with van der Waals surface area (Å²) in [5.74, 6) is -0.549. The second-order valence-electron chi connectivity index (χ2n) is 7.24. The Morgan fingerprint density at radius 3 is 2.26 bits per heavy atom. The van der Waals surface area contributed by atoms with Gasteiger partial charge in [0.2, 0.25) is 0 Å². The monoisotopic (exact) mass is 262 g/mol. The lowest BCUT2D eigenvalue weighted by molar-refractivity contribution is -0.154. The van der Waals surface area contributed by atoms with Crippen LogP contribution in [0.5, 0.6) is 0 Å². The first-order valence-electron chi connectivity index (χ1n) is 7.31. The topological polar surface area (TPSA) is 43.4 Å². The van der Waals surface area contributed by atoms with E-state index in [1.165, 1.54) is 0 Å². The Bertz CT molecular complexity index is 465. The summed E-state index contributed by atoms with van der Waals surface area (Å²) >= 11 is 0. The first-order valence-corrected chi connectivity index (χ1v) is 7.31. The maximum atomic E-state index is 12.0. The molecule has 0 aromatic heterocycles. The molecule has 3 heteroatoms. The number of ether oxygens (including phenoxy) is 1. The number of rotatable bonds is 1. The van der Waals surface area contributed by atoms with Crippen molar-refractivity contribution in [3.05, 3.63) is 12.2 Å². The van der Waals surface area contributed by atoms with Gasteiger partial charge in [0.25, 0.3) is 0 Å². The molecule has 0 spiro atoms. The molecule has 1 saturated carbocycles. The van der Waals surface area contributed by atoms with Gasteiger partial charge in [-0.1, -0.05) is 32.9 Å². The van der Waals surface area contributed by atoms with Crippen molar-refractivity contribution in [2.24, 2.45) is 28.6 Å². The molecule has 4 atom stereocenters. The van der Waals surface area contributed by atoms with Crippen LogP contribution < -0.4 is 0 Å². The summed E-state index contributed by atoms with van der Waals surface area (Å²) in [6.07, 6.45) is 8.37. The van der Waals surface area contributed by atoms with Crippen LogP contribution in [-0.2, 0) is 14.3 Å². The lowest BCUT2D eigenvalue weighted by Crippen LogP contribution is -2.41. The molecular formula is C16H22O3. The van der Waals surface area contributed by atoms with Gasteiger partial charge in [0.05, 0.1) is 11.8 Å². The minimum Gasteiger partial charge on any atom is -0.393 e. The minimum absolute atomic E-state index is 0.0470. The molecule has 1 heterocycles. The van der Waals surface area contributed by atoms with E-state index in [0.717, 1.165) is 25.7 Å². The first kappa shape index (κ1) is 12.9. The van der Waals surface area contributed by atoms with Crippen molar-refractivity contribution in [2.45, 2.75) is 46.5 Å². The van der Waals surface area contributed by atoms with E-state index >= 15 is 0 Å². The molecular weight excluding hydrogens is 240 g/mol. The van der Waals surface area contributed by atoms with E-state index in [1.54, 1.807) is 0 Å². The molecule has 3 nitrogen and oxygen atoms in total. The van der Waals surface area contributed by atoms with Gasteiger partial charge in [0.15, 0.2) is 0 Å². The predicted molar refractivity (Wildman–Crippen MR) is 71.1 cm³/mol. The molecule has 0 aromatic carbocycles. The third-order valence-corrected chi connectivity index (χ3v) is 5.71. The standard InChI is InChI=1S/C16H22O3/c1-10(2)16-6-4-15(3,5-7-16)8-11-12(9-16)14(18)19-13(11)17/h4,6,10-12H,5,7-9H2,1-3H3. The molecule has 4 aliphatic rings. The number of cyclic esters (lactones) is 2. The summed E-state index contributed by atoms with van der Waals surface area (Å²) in [7, 11) is 0. The highest BCUT2D eigenvalue weighted by Crippen LogP contribution is 2.55. The summed E-state index contributed by atoms with van der Waals surface area (Å²) in [6, 6.07) is 0. The van der Waals surface area contributed by atoms with Crippen LogP contribution in [-0.4, -0.2) is 11.9 Å². The molecule has 1 aliphatic heterocycles. The fourth-order valence-corrected chi connectivity index (χ4v) is 4.05. The molecule has 0 N–H and O–H groups in total. The van der Waals surface area contributed by atoms with Crippen LogP contribution in [0.2, 0.25) is 0 Å². The van der Waals surface area contributed by atoms with Crippen molar-refractivity contribution in [3.8, 4) is 0 Å². The highest BCUT2D eigenvalue weighted by Gasteiger charge is 2.53. The van der Waals surface area contributed by atoms with Crippen LogP contribution in [0, 0.1) is 28.6 Å². The first-order chi connectivity index (χ1) is 8.85. The maximum Gasteiger partial charge on any atom is 0.317 e. The molecule has 4 rings (SSSR count). The summed E-state index contributed by atoms with van der Waals surface area (Å²) in [4.78, 5) is 23.9. The molecule has 104 valence electrons. The Balaban J connectivity index is 2.04. The summed E-state index contributed by atoms with van der Waals surface area (Å²) < 4.78 is 4.91. The summed E-state index contributed by atoms with van der Waals surface area (Å²) in [5, 5.41) is 0. The number of fused-ring (bicyclic) bond motifs is 1. The molecule has 4 unspecified atom stereocenters. The normalized spacial score (nSPS) is 45.1. The average molecular weight is 262 g/mol. The van der Waals surface area contributed by atoms with E-state index < -0.39 is 0 Å². The highest BCUT2D eigenvalue weighted by molar-refractivity contribution is 5.96. The zero-order chi connectivity index (χ0) is 13.8. The van der Waals surface area contributed by atoms with Crippen LogP contribution in [0.15, 0.2) is 12.2 Å². The van der Waals surface area contributed by atoms with E-state index in [9.17, 15) is 9.59 Å². The lowest BCUT2D eigenvalue weighted by atomic mass is 9.56. The van der Waals surface area contributed by atoms with Crippen molar-refractivity contribution in [2.75, 3.05) is 0 Å². The van der Waals surface area contributed by atoms with Gasteiger partial charge in [-0.2, -0.15) is 0 Å². The number of hydrogen-bond acceptors (Lipinski definition) is 3. The Hall–Kier alpha value is -1.12. The third kappa shape index (κ3) is 1.86. The van der Waals surface area contributed by atoms with Crippen molar-refractivity contribution < 1.29 is 14.3 Å². The fourth-order valence-electron chi connectivity index (χ4n) is 4.05. The van der Waals surface area contributed by atoms with Gasteiger partial charge >= 0.3 is 11.9 Å². The summed E-state index contributed by atoms with van der Waals surface area (Å²) in [5.41, 5.74) is 0.109. The third-order valence-electron chi connectivity index (χ3n) is 5.71. The molecule has 19 heavy (non-hydrogen) atoms. The molecule has 0 aromatic rings. The molecule has 2 bridgehead atoms. The van der Waals surface area contributed by atoms with Gasteiger partial charge in [-0.3, -0.25) is 9.59 Å². The number of carbonyl (C=O) groups is 2. The molecule has 1 saturated heterocycles. The minimum atomic E-state index is -0.295. The van der Waals surface area contributed by atoms with Crippen molar-refractivity contribution >= 4 is 11.9 Å². The lowest BCUT2D eigenvalue weighted by Gasteiger charge is -2.47. The molecule has 0 amide bonds. The van der Waals surface area contributed by atoms with Crippen LogP contribution in [0.3, 0.4) is 0 Å². The Morgan fingerprint density at radius 2 is 1.74 bits per heavy atom. The van der Waals surface area contributed by atoms with E-state index in [4.69, 9.17) is 4.74 Å². The van der Waals surface area contributed by atoms with Gasteiger partial charge in [-0.05, 0) is 42.4 Å². The molecule has 3 aliphatic carbocycles. The van der Waals surface area contributed by atoms with E-state index in [-0.39, 0.29) is 34.6 Å².